The summed E-state index contributed by atoms with van der Waals surface area (Å²) in [6.45, 7) is 2.14. The molecule has 1 nitrogen and oxygen atoms in total. The minimum atomic E-state index is -10.8. The van der Waals surface area contributed by atoms with Gasteiger partial charge in [-0.2, -0.15) is 8.78 Å². The fraction of sp³-hybridized carbons (Fsp3) is 0.333. The van der Waals surface area contributed by atoms with Gasteiger partial charge in [-0.15, -0.1) is 0 Å². The van der Waals surface area contributed by atoms with Gasteiger partial charge in [0.25, 0.3) is 0 Å². The van der Waals surface area contributed by atoms with Crippen molar-refractivity contribution in [2.45, 2.75) is 75.2 Å². The smallest absolute Gasteiger partial charge is 0.429 e. The largest absolute Gasteiger partial charge is 0.432 e. The number of unbranched alkanes of at least 4 members (excludes halogenated alkanes) is 2. The molecule has 0 amide bonds. The van der Waals surface area contributed by atoms with Gasteiger partial charge in [0.15, 0.2) is 4.90 Å². The Morgan fingerprint density at radius 1 is 0.627 bits per heavy atom. The van der Waals surface area contributed by atoms with Gasteiger partial charge in [0.05, 0.1) is 0 Å². The maximum atomic E-state index is 15.2. The molecule has 0 spiro atoms. The van der Waals surface area contributed by atoms with Crippen molar-refractivity contribution in [2.75, 3.05) is 0 Å². The van der Waals surface area contributed by atoms with E-state index in [9.17, 15) is 32.6 Å². The van der Waals surface area contributed by atoms with E-state index >= 15 is 22.0 Å². The molecule has 1 fully saturated rings. The molecular formula is C36H31F13OS. The SMILES string of the molecule is CCCCCC1CCC(c2ccc(-c3cc(F)c(C(F)(F)Oc4ccc(-c5cc(F)c(S(F)(F)(F)(F)F)c(F)c5)c(F)c4)c(F)c3)c(F)c2)CC1. The van der Waals surface area contributed by atoms with Crippen LogP contribution in [-0.2, 0) is 6.11 Å². The minimum absolute atomic E-state index is 0.105. The Kier molecular flexibility index (Phi) is 9.98. The monoisotopic (exact) mass is 758 g/mol. The molecule has 0 saturated heterocycles. The van der Waals surface area contributed by atoms with Gasteiger partial charge < -0.3 is 4.74 Å². The first kappa shape index (κ1) is 38.4. The minimum Gasteiger partial charge on any atom is -0.429 e. The summed E-state index contributed by atoms with van der Waals surface area (Å²) in [6.07, 6.45) is 3.55. The molecule has 0 aliphatic heterocycles. The van der Waals surface area contributed by atoms with Crippen molar-refractivity contribution < 1.29 is 59.3 Å². The second kappa shape index (κ2) is 13.3. The van der Waals surface area contributed by atoms with E-state index in [1.54, 1.807) is 6.07 Å². The van der Waals surface area contributed by atoms with E-state index in [0.717, 1.165) is 44.1 Å². The number of hydrogen-bond acceptors (Lipinski definition) is 1. The lowest BCUT2D eigenvalue weighted by atomic mass is 9.77. The van der Waals surface area contributed by atoms with Crippen LogP contribution in [0.25, 0.3) is 22.3 Å². The second-order valence-electron chi connectivity index (χ2n) is 12.8. The molecule has 4 aromatic rings. The molecule has 0 N–H and O–H groups in total. The van der Waals surface area contributed by atoms with E-state index in [1.807, 2.05) is 0 Å². The summed E-state index contributed by atoms with van der Waals surface area (Å²) in [5.74, 6) is -12.0. The number of alkyl halides is 2. The maximum Gasteiger partial charge on any atom is 0.432 e. The van der Waals surface area contributed by atoms with E-state index in [0.29, 0.717) is 30.2 Å². The summed E-state index contributed by atoms with van der Waals surface area (Å²) >= 11 is 0. The van der Waals surface area contributed by atoms with Crippen LogP contribution in [-0.4, -0.2) is 0 Å². The van der Waals surface area contributed by atoms with E-state index in [2.05, 4.69) is 11.7 Å². The quantitative estimate of drug-likeness (QED) is 0.109. The highest BCUT2D eigenvalue weighted by Crippen LogP contribution is 3.02. The van der Waals surface area contributed by atoms with Crippen molar-refractivity contribution in [3.63, 3.8) is 0 Å². The fourth-order valence-electron chi connectivity index (χ4n) is 6.57. The Morgan fingerprint density at radius 2 is 1.14 bits per heavy atom. The van der Waals surface area contributed by atoms with Crippen molar-refractivity contribution in [2.24, 2.45) is 5.92 Å². The molecular weight excluding hydrogens is 727 g/mol. The van der Waals surface area contributed by atoms with Crippen LogP contribution in [0.5, 0.6) is 5.75 Å². The van der Waals surface area contributed by atoms with E-state index in [4.69, 9.17) is 0 Å². The number of halogens is 13. The van der Waals surface area contributed by atoms with Crippen LogP contribution < -0.4 is 4.74 Å². The summed E-state index contributed by atoms with van der Waals surface area (Å²) in [5.41, 5.74) is -3.76. The third-order valence-corrected chi connectivity index (χ3v) is 10.2. The molecule has 4 aromatic carbocycles. The lowest BCUT2D eigenvalue weighted by Gasteiger charge is -2.40. The van der Waals surface area contributed by atoms with Crippen LogP contribution >= 0.6 is 10.2 Å². The van der Waals surface area contributed by atoms with Crippen LogP contribution in [0.2, 0.25) is 0 Å². The highest BCUT2D eigenvalue weighted by Gasteiger charge is 2.69. The molecule has 1 saturated carbocycles. The first-order valence-electron chi connectivity index (χ1n) is 16.0. The molecule has 0 aromatic heterocycles. The standard InChI is InChI=1S/C36H31F13OS/c1-2-3-4-5-20-6-8-21(9-7-20)22-10-12-26(28(37)14-22)23-15-30(39)34(31(40)16-23)36(43,44)50-25-11-13-27(29(38)19-25)24-17-32(41)35(33(42)18-24)51(45,46,47,48)49/h10-21H,2-9H2,1H3. The predicted octanol–water partition coefficient (Wildman–Crippen LogP) is 14.5. The van der Waals surface area contributed by atoms with Gasteiger partial charge in [-0.3, -0.25) is 0 Å². The predicted molar refractivity (Wildman–Crippen MR) is 168 cm³/mol. The zero-order valence-corrected chi connectivity index (χ0v) is 27.6. The van der Waals surface area contributed by atoms with E-state index in [-0.39, 0.29) is 35.2 Å². The lowest BCUT2D eigenvalue weighted by molar-refractivity contribution is -0.189. The van der Waals surface area contributed by atoms with Crippen LogP contribution in [0.3, 0.4) is 0 Å². The van der Waals surface area contributed by atoms with Gasteiger partial charge in [0.1, 0.15) is 46.2 Å². The molecule has 15 heteroatoms. The number of ether oxygens (including phenoxy) is 1. The van der Waals surface area contributed by atoms with Crippen molar-refractivity contribution in [3.05, 3.63) is 107 Å². The first-order valence-corrected chi connectivity index (χ1v) is 17.9. The second-order valence-corrected chi connectivity index (χ2v) is 15.1. The zero-order valence-electron chi connectivity index (χ0n) is 26.8. The van der Waals surface area contributed by atoms with Gasteiger partial charge in [-0.05, 0) is 96.7 Å². The Hall–Kier alpha value is -3.88. The third kappa shape index (κ3) is 8.61. The Balaban J connectivity index is 1.33. The average Bonchev–Trinajstić information content (AvgIpc) is 2.99. The Morgan fingerprint density at radius 3 is 1.63 bits per heavy atom. The molecule has 1 aliphatic rings. The Bertz CT molecular complexity index is 1890. The highest BCUT2D eigenvalue weighted by molar-refractivity contribution is 8.45. The van der Waals surface area contributed by atoms with Gasteiger partial charge >= 0.3 is 16.3 Å². The van der Waals surface area contributed by atoms with Gasteiger partial charge in [-0.25, -0.2) is 26.3 Å². The summed E-state index contributed by atoms with van der Waals surface area (Å²) in [5, 5.41) is 0. The molecule has 0 bridgehead atoms. The topological polar surface area (TPSA) is 9.23 Å². The maximum absolute atomic E-state index is 15.2. The Labute approximate surface area is 285 Å². The molecule has 51 heavy (non-hydrogen) atoms. The highest BCUT2D eigenvalue weighted by atomic mass is 32.5. The zero-order chi connectivity index (χ0) is 37.6. The third-order valence-electron chi connectivity index (χ3n) is 9.05. The van der Waals surface area contributed by atoms with Crippen LogP contribution in [0, 0.1) is 40.8 Å². The molecule has 0 heterocycles. The molecule has 278 valence electrons. The average molecular weight is 759 g/mol. The van der Waals surface area contributed by atoms with Crippen LogP contribution in [0.15, 0.2) is 65.6 Å². The van der Waals surface area contributed by atoms with Crippen LogP contribution in [0.1, 0.15) is 75.3 Å². The number of benzene rings is 4. The summed E-state index contributed by atoms with van der Waals surface area (Å²) in [7, 11) is -10.8. The molecule has 0 radical (unpaired) electrons. The van der Waals surface area contributed by atoms with Crippen molar-refractivity contribution >= 4 is 10.2 Å². The molecule has 1 aliphatic carbocycles. The summed E-state index contributed by atoms with van der Waals surface area (Å²) in [4.78, 5) is -3.45. The molecule has 5 rings (SSSR count). The number of rotatable bonds is 11. The van der Waals surface area contributed by atoms with E-state index in [1.165, 1.54) is 25.0 Å². The van der Waals surface area contributed by atoms with Gasteiger partial charge in [0, 0.05) is 17.2 Å². The summed E-state index contributed by atoms with van der Waals surface area (Å²) < 4.78 is 188. The van der Waals surface area contributed by atoms with Crippen molar-refractivity contribution in [3.8, 4) is 28.0 Å². The molecule has 0 unspecified atom stereocenters. The van der Waals surface area contributed by atoms with Crippen molar-refractivity contribution in [1.82, 2.24) is 0 Å². The van der Waals surface area contributed by atoms with Crippen LogP contribution in [0.4, 0.5) is 54.6 Å². The lowest BCUT2D eigenvalue weighted by Crippen LogP contribution is -2.25. The van der Waals surface area contributed by atoms with Gasteiger partial charge in [0.2, 0.25) is 0 Å². The first-order chi connectivity index (χ1) is 23.6. The normalized spacial score (nSPS) is 18.3. The number of hydrogen-bond donors (Lipinski definition) is 0. The van der Waals surface area contributed by atoms with Gasteiger partial charge in [-0.1, -0.05) is 64.2 Å². The fourth-order valence-corrected chi connectivity index (χ4v) is 7.42. The summed E-state index contributed by atoms with van der Waals surface area (Å²) in [6, 6.07) is 5.89. The van der Waals surface area contributed by atoms with E-state index < -0.39 is 78.6 Å². The molecule has 0 atom stereocenters. The van der Waals surface area contributed by atoms with Crippen molar-refractivity contribution in [1.29, 1.82) is 0 Å².